The molecule has 0 spiro atoms. The standard InChI is InChI=1S/C11H16N2O6S2/c1-6-4-13(11(15)12-10(6)20)9-3-7(8(5-14)18-9)19-21(2,16)17/h4,7-9,14H,3,5H2,1-2H3,(H,12,15,20)/t7-,8-,9-/m1/s1. The van der Waals surface area contributed by atoms with Gasteiger partial charge in [-0.2, -0.15) is 8.42 Å². The molecule has 21 heavy (non-hydrogen) atoms. The van der Waals surface area contributed by atoms with Gasteiger partial charge in [-0.1, -0.05) is 12.2 Å². The molecule has 1 fully saturated rings. The average Bonchev–Trinajstić information content (AvgIpc) is 2.74. The van der Waals surface area contributed by atoms with Crippen LogP contribution in [-0.4, -0.2) is 48.1 Å². The summed E-state index contributed by atoms with van der Waals surface area (Å²) in [6.07, 6.45) is 0.188. The zero-order chi connectivity index (χ0) is 15.8. The molecule has 1 aromatic heterocycles. The lowest BCUT2D eigenvalue weighted by Gasteiger charge is -2.15. The van der Waals surface area contributed by atoms with Crippen LogP contribution < -0.4 is 5.69 Å². The molecule has 1 saturated heterocycles. The lowest BCUT2D eigenvalue weighted by molar-refractivity contribution is -0.0413. The number of ether oxygens (including phenoxy) is 1. The summed E-state index contributed by atoms with van der Waals surface area (Å²) in [5.41, 5.74) is 0.216. The average molecular weight is 336 g/mol. The second-order valence-corrected chi connectivity index (χ2v) is 6.87. The van der Waals surface area contributed by atoms with E-state index in [-0.39, 0.29) is 6.42 Å². The van der Waals surface area contributed by atoms with Crippen LogP contribution >= 0.6 is 12.2 Å². The molecule has 1 aromatic rings. The Morgan fingerprint density at radius 1 is 1.62 bits per heavy atom. The minimum atomic E-state index is -3.68. The number of aromatic nitrogens is 2. The normalized spacial score (nSPS) is 26.1. The van der Waals surface area contributed by atoms with Crippen LogP contribution in [0.15, 0.2) is 11.0 Å². The highest BCUT2D eigenvalue weighted by Crippen LogP contribution is 2.30. The van der Waals surface area contributed by atoms with Crippen LogP contribution in [-0.2, 0) is 19.0 Å². The third-order valence-corrected chi connectivity index (χ3v) is 4.14. The molecule has 0 aromatic carbocycles. The molecule has 2 N–H and O–H groups in total. The summed E-state index contributed by atoms with van der Waals surface area (Å²) in [6, 6.07) is 0. The van der Waals surface area contributed by atoms with Crippen LogP contribution in [0.3, 0.4) is 0 Å². The number of aryl methyl sites for hydroxylation is 1. The van der Waals surface area contributed by atoms with Crippen LogP contribution in [0.2, 0.25) is 0 Å². The summed E-state index contributed by atoms with van der Waals surface area (Å²) in [5, 5.41) is 9.25. The maximum Gasteiger partial charge on any atom is 0.328 e. The number of rotatable bonds is 4. The monoisotopic (exact) mass is 336 g/mol. The van der Waals surface area contributed by atoms with Crippen LogP contribution in [0.1, 0.15) is 18.2 Å². The van der Waals surface area contributed by atoms with Crippen molar-refractivity contribution < 1.29 is 22.4 Å². The van der Waals surface area contributed by atoms with Gasteiger partial charge in [-0.05, 0) is 6.92 Å². The first-order chi connectivity index (χ1) is 9.71. The first kappa shape index (κ1) is 16.3. The van der Waals surface area contributed by atoms with E-state index in [0.717, 1.165) is 6.26 Å². The molecule has 0 unspecified atom stereocenters. The highest BCUT2D eigenvalue weighted by molar-refractivity contribution is 7.86. The fourth-order valence-corrected chi connectivity index (χ4v) is 2.95. The van der Waals surface area contributed by atoms with Crippen LogP contribution in [0.25, 0.3) is 0 Å². The smallest absolute Gasteiger partial charge is 0.328 e. The van der Waals surface area contributed by atoms with Crippen molar-refractivity contribution in [1.29, 1.82) is 0 Å². The van der Waals surface area contributed by atoms with Gasteiger partial charge in [0.1, 0.15) is 23.1 Å². The summed E-state index contributed by atoms with van der Waals surface area (Å²) in [4.78, 5) is 14.4. The first-order valence-electron chi connectivity index (χ1n) is 6.18. The third-order valence-electron chi connectivity index (χ3n) is 3.11. The van der Waals surface area contributed by atoms with Crippen LogP contribution in [0, 0.1) is 11.6 Å². The maximum absolute atomic E-state index is 11.9. The molecule has 2 heterocycles. The zero-order valence-electron chi connectivity index (χ0n) is 11.5. The van der Waals surface area contributed by atoms with E-state index in [1.807, 2.05) is 0 Å². The number of nitrogens with one attached hydrogen (secondary N) is 1. The molecule has 10 heteroatoms. The van der Waals surface area contributed by atoms with Gasteiger partial charge in [-0.3, -0.25) is 13.7 Å². The van der Waals surface area contributed by atoms with Crippen molar-refractivity contribution in [3.63, 3.8) is 0 Å². The van der Waals surface area contributed by atoms with E-state index in [4.69, 9.17) is 21.1 Å². The number of hydrogen-bond acceptors (Lipinski definition) is 7. The van der Waals surface area contributed by atoms with Gasteiger partial charge in [0.05, 0.1) is 12.9 Å². The van der Waals surface area contributed by atoms with Crippen molar-refractivity contribution in [3.05, 3.63) is 26.9 Å². The van der Waals surface area contributed by atoms with Crippen molar-refractivity contribution >= 4 is 22.3 Å². The van der Waals surface area contributed by atoms with Crippen molar-refractivity contribution in [2.45, 2.75) is 31.8 Å². The van der Waals surface area contributed by atoms with Gasteiger partial charge in [0.15, 0.2) is 0 Å². The van der Waals surface area contributed by atoms with E-state index in [9.17, 15) is 18.3 Å². The second kappa shape index (κ2) is 5.97. The Morgan fingerprint density at radius 3 is 2.86 bits per heavy atom. The molecule has 2 rings (SSSR count). The van der Waals surface area contributed by atoms with E-state index in [1.165, 1.54) is 10.8 Å². The summed E-state index contributed by atoms with van der Waals surface area (Å²) in [7, 11) is -3.68. The zero-order valence-corrected chi connectivity index (χ0v) is 13.1. The van der Waals surface area contributed by atoms with E-state index >= 15 is 0 Å². The van der Waals surface area contributed by atoms with E-state index in [1.54, 1.807) is 6.92 Å². The first-order valence-corrected chi connectivity index (χ1v) is 8.40. The third kappa shape index (κ3) is 3.77. The van der Waals surface area contributed by atoms with E-state index in [2.05, 4.69) is 4.98 Å². The fourth-order valence-electron chi connectivity index (χ4n) is 2.16. The Bertz CT molecular complexity index is 738. The SMILES string of the molecule is Cc1cn([C@H]2C[C@@H](OS(C)(=O)=O)[C@@H](CO)O2)c(=O)[nH]c1=S. The quantitative estimate of drug-likeness (QED) is 0.580. The van der Waals surface area contributed by atoms with Gasteiger partial charge >= 0.3 is 5.69 Å². The molecule has 0 saturated carbocycles. The van der Waals surface area contributed by atoms with Crippen LogP contribution in [0.4, 0.5) is 0 Å². The molecule has 8 nitrogen and oxygen atoms in total. The molecule has 0 bridgehead atoms. The van der Waals surface area contributed by atoms with Gasteiger partial charge < -0.3 is 9.84 Å². The highest BCUT2D eigenvalue weighted by atomic mass is 32.2. The molecule has 1 aliphatic heterocycles. The van der Waals surface area contributed by atoms with E-state index < -0.39 is 40.9 Å². The number of aliphatic hydroxyl groups excluding tert-OH is 1. The summed E-state index contributed by atoms with van der Waals surface area (Å²) in [6.45, 7) is 1.32. The molecule has 0 radical (unpaired) electrons. The Balaban J connectivity index is 2.29. The summed E-state index contributed by atoms with van der Waals surface area (Å²) in [5.74, 6) is 0. The number of nitrogens with zero attached hydrogens (tertiary/aromatic N) is 1. The van der Waals surface area contributed by atoms with Crippen molar-refractivity contribution in [3.8, 4) is 0 Å². The molecular weight excluding hydrogens is 320 g/mol. The van der Waals surface area contributed by atoms with Gasteiger partial charge in [0.25, 0.3) is 10.1 Å². The molecule has 0 aliphatic carbocycles. The Hall–Kier alpha value is -1.07. The minimum absolute atomic E-state index is 0.127. The molecule has 0 amide bonds. The maximum atomic E-state index is 11.9. The predicted octanol–water partition coefficient (Wildman–Crippen LogP) is -0.161. The number of hydrogen-bond donors (Lipinski definition) is 2. The van der Waals surface area contributed by atoms with Gasteiger partial charge in [-0.25, -0.2) is 4.79 Å². The number of aliphatic hydroxyl groups is 1. The van der Waals surface area contributed by atoms with Crippen molar-refractivity contribution in [2.24, 2.45) is 0 Å². The Morgan fingerprint density at radius 2 is 2.29 bits per heavy atom. The van der Waals surface area contributed by atoms with E-state index in [0.29, 0.717) is 10.2 Å². The Labute approximate surface area is 126 Å². The molecular formula is C11H16N2O6S2. The fraction of sp³-hybridized carbons (Fsp3) is 0.636. The van der Waals surface area contributed by atoms with Crippen molar-refractivity contribution in [2.75, 3.05) is 12.9 Å². The second-order valence-electron chi connectivity index (χ2n) is 4.86. The topological polar surface area (TPSA) is 111 Å². The van der Waals surface area contributed by atoms with Gasteiger partial charge in [0.2, 0.25) is 0 Å². The highest BCUT2D eigenvalue weighted by Gasteiger charge is 2.39. The predicted molar refractivity (Wildman–Crippen MR) is 76.0 cm³/mol. The largest absolute Gasteiger partial charge is 0.394 e. The lowest BCUT2D eigenvalue weighted by atomic mass is 10.2. The van der Waals surface area contributed by atoms with Gasteiger partial charge in [0, 0.05) is 18.2 Å². The summed E-state index contributed by atoms with van der Waals surface area (Å²) >= 11 is 4.96. The minimum Gasteiger partial charge on any atom is -0.394 e. The molecule has 3 atom stereocenters. The number of aromatic amines is 1. The Kier molecular flexibility index (Phi) is 4.63. The lowest BCUT2D eigenvalue weighted by Crippen LogP contribution is -2.29. The number of H-pyrrole nitrogens is 1. The van der Waals surface area contributed by atoms with Crippen molar-refractivity contribution in [1.82, 2.24) is 9.55 Å². The van der Waals surface area contributed by atoms with Gasteiger partial charge in [-0.15, -0.1) is 0 Å². The van der Waals surface area contributed by atoms with Crippen LogP contribution in [0.5, 0.6) is 0 Å². The summed E-state index contributed by atoms with van der Waals surface area (Å²) < 4.78 is 34.4. The molecule has 118 valence electrons. The molecule has 1 aliphatic rings.